The first kappa shape index (κ1) is 23.8. The van der Waals surface area contributed by atoms with Gasteiger partial charge in [0.15, 0.2) is 0 Å². The average Bonchev–Trinajstić information content (AvgIpc) is 2.67. The number of hydrogen-bond acceptors (Lipinski definition) is 5. The number of hydrogen-bond donors (Lipinski definition) is 3. The van der Waals surface area contributed by atoms with Gasteiger partial charge in [0.25, 0.3) is 0 Å². The molecule has 0 fully saturated rings. The van der Waals surface area contributed by atoms with Crippen LogP contribution in [0.15, 0.2) is 60.7 Å². The molecule has 162 valence electrons. The highest BCUT2D eigenvalue weighted by Crippen LogP contribution is 2.21. The van der Waals surface area contributed by atoms with E-state index in [1.807, 2.05) is 60.7 Å². The summed E-state index contributed by atoms with van der Waals surface area (Å²) < 4.78 is 5.31. The Morgan fingerprint density at radius 2 is 1.50 bits per heavy atom. The molecule has 2 rings (SSSR count). The van der Waals surface area contributed by atoms with E-state index in [2.05, 4.69) is 5.32 Å². The lowest BCUT2D eigenvalue weighted by atomic mass is 10.0. The maximum absolute atomic E-state index is 12.3. The van der Waals surface area contributed by atoms with Crippen molar-refractivity contribution >= 4 is 20.9 Å². The number of rotatable bonds is 9. The zero-order chi connectivity index (χ0) is 22.2. The molecule has 2 atom stereocenters. The number of nitrogens with one attached hydrogen (secondary N) is 1. The van der Waals surface area contributed by atoms with Crippen LogP contribution in [0.1, 0.15) is 31.9 Å². The van der Waals surface area contributed by atoms with E-state index in [0.29, 0.717) is 6.42 Å². The molecule has 0 aliphatic carbocycles. The van der Waals surface area contributed by atoms with Crippen LogP contribution in [0.5, 0.6) is 0 Å². The molecule has 2 aromatic rings. The molecule has 0 radical (unpaired) electrons. The van der Waals surface area contributed by atoms with Crippen LogP contribution >= 0.6 is 0 Å². The molecule has 7 heteroatoms. The normalized spacial score (nSPS) is 13.9. The van der Waals surface area contributed by atoms with Crippen molar-refractivity contribution < 1.29 is 23.9 Å². The van der Waals surface area contributed by atoms with E-state index < -0.39 is 31.8 Å². The molecule has 0 unspecified atom stereocenters. The quantitative estimate of drug-likeness (QED) is 0.420. The van der Waals surface area contributed by atoms with Gasteiger partial charge in [-0.25, -0.2) is 4.79 Å². The van der Waals surface area contributed by atoms with Gasteiger partial charge in [0.2, 0.25) is 0 Å². The minimum atomic E-state index is -4.03. The molecule has 0 saturated carbocycles. The number of aldehydes is 1. The molecule has 30 heavy (non-hydrogen) atoms. The molecule has 1 amide bonds. The third-order valence-corrected chi connectivity index (χ3v) is 7.22. The van der Waals surface area contributed by atoms with E-state index in [9.17, 15) is 19.2 Å². The van der Waals surface area contributed by atoms with Crippen molar-refractivity contribution in [1.29, 1.82) is 0 Å². The molecular weight excluding hydrogens is 398 g/mol. The molecular formula is C23H31NO5Si. The Hall–Kier alpha value is -2.48. The lowest BCUT2D eigenvalue weighted by Gasteiger charge is -2.31. The van der Waals surface area contributed by atoms with Crippen LogP contribution in [0.4, 0.5) is 4.79 Å². The van der Waals surface area contributed by atoms with E-state index in [1.165, 1.54) is 0 Å². The summed E-state index contributed by atoms with van der Waals surface area (Å²) in [6.07, 6.45) is 0.684. The van der Waals surface area contributed by atoms with Crippen LogP contribution < -0.4 is 5.32 Å². The Balaban J connectivity index is 2.18. The van der Waals surface area contributed by atoms with Crippen LogP contribution in [-0.4, -0.2) is 41.8 Å². The summed E-state index contributed by atoms with van der Waals surface area (Å²) in [5, 5.41) is 2.64. The van der Waals surface area contributed by atoms with Crippen molar-refractivity contribution in [1.82, 2.24) is 5.32 Å². The Bertz CT molecular complexity index is 805. The lowest BCUT2D eigenvalue weighted by Crippen LogP contribution is -2.60. The summed E-state index contributed by atoms with van der Waals surface area (Å²) in [6.45, 7) is 5.22. The fourth-order valence-electron chi connectivity index (χ4n) is 3.24. The van der Waals surface area contributed by atoms with Crippen LogP contribution in [0, 0.1) is 5.92 Å². The number of benzene rings is 2. The third-order valence-electron chi connectivity index (χ3n) is 4.63. The second-order valence-corrected chi connectivity index (χ2v) is 11.4. The molecule has 6 nitrogen and oxygen atoms in total. The first-order chi connectivity index (χ1) is 14.1. The number of amides is 1. The second-order valence-electron chi connectivity index (χ2n) is 8.56. The highest BCUT2D eigenvalue weighted by atomic mass is 28.4. The highest BCUT2D eigenvalue weighted by Gasteiger charge is 2.43. The summed E-state index contributed by atoms with van der Waals surface area (Å²) in [7, 11) is -4.03. The predicted molar refractivity (Wildman–Crippen MR) is 118 cm³/mol. The zero-order valence-corrected chi connectivity index (χ0v) is 18.7. The average molecular weight is 430 g/mol. The van der Waals surface area contributed by atoms with Gasteiger partial charge >= 0.3 is 14.7 Å². The molecule has 0 saturated heterocycles. The Labute approximate surface area is 179 Å². The van der Waals surface area contributed by atoms with Gasteiger partial charge in [-0.1, -0.05) is 60.7 Å². The summed E-state index contributed by atoms with van der Waals surface area (Å²) >= 11 is 0. The van der Waals surface area contributed by atoms with Gasteiger partial charge in [0.1, 0.15) is 11.9 Å². The highest BCUT2D eigenvalue weighted by molar-refractivity contribution is 6.66. The van der Waals surface area contributed by atoms with E-state index >= 15 is 0 Å². The topological polar surface area (TPSA) is 95.9 Å². The first-order valence-corrected chi connectivity index (χ1v) is 12.2. The van der Waals surface area contributed by atoms with Crippen LogP contribution in [0.2, 0.25) is 6.04 Å². The molecule has 0 aliphatic heterocycles. The molecule has 0 spiro atoms. The van der Waals surface area contributed by atoms with Crippen molar-refractivity contribution in [2.75, 3.05) is 0 Å². The smallest absolute Gasteiger partial charge is 0.407 e. The zero-order valence-electron chi connectivity index (χ0n) is 17.7. The Morgan fingerprint density at radius 3 is 1.97 bits per heavy atom. The van der Waals surface area contributed by atoms with Crippen LogP contribution in [-0.2, 0) is 22.4 Å². The van der Waals surface area contributed by atoms with E-state index in [0.717, 1.165) is 17.4 Å². The Morgan fingerprint density at radius 1 is 1.00 bits per heavy atom. The number of alkyl carbamates (subject to hydrolysis) is 1. The monoisotopic (exact) mass is 429 g/mol. The molecule has 0 aliphatic rings. The van der Waals surface area contributed by atoms with Gasteiger partial charge in [-0.2, -0.15) is 0 Å². The molecule has 0 heterocycles. The summed E-state index contributed by atoms with van der Waals surface area (Å²) in [6, 6.07) is 18.6. The molecule has 0 aromatic heterocycles. The van der Waals surface area contributed by atoms with Crippen molar-refractivity contribution in [2.24, 2.45) is 5.92 Å². The van der Waals surface area contributed by atoms with Crippen molar-refractivity contribution in [3.8, 4) is 0 Å². The first-order valence-electron chi connectivity index (χ1n) is 10.1. The molecule has 3 N–H and O–H groups in total. The minimum absolute atomic E-state index is 0.0846. The third kappa shape index (κ3) is 8.10. The summed E-state index contributed by atoms with van der Waals surface area (Å²) in [4.78, 5) is 46.1. The van der Waals surface area contributed by atoms with Gasteiger partial charge in [-0.15, -0.1) is 0 Å². The fraction of sp³-hybridized carbons (Fsp3) is 0.391. The van der Waals surface area contributed by atoms with Crippen molar-refractivity contribution in [2.45, 2.75) is 50.9 Å². The lowest BCUT2D eigenvalue weighted by molar-refractivity contribution is -0.110. The van der Waals surface area contributed by atoms with Gasteiger partial charge in [0.05, 0.1) is 5.67 Å². The Kier molecular flexibility index (Phi) is 8.34. The van der Waals surface area contributed by atoms with Crippen LogP contribution in [0.3, 0.4) is 0 Å². The SMILES string of the molecule is CC(C)(C)OC(=O)N[C@@H](Cc1ccccc1)[Si](O)(O)C[C@H](C=O)Cc1ccccc1. The molecule has 0 bridgehead atoms. The molecule has 2 aromatic carbocycles. The summed E-state index contributed by atoms with van der Waals surface area (Å²) in [5.41, 5.74) is 0.158. The van der Waals surface area contributed by atoms with E-state index in [1.54, 1.807) is 20.8 Å². The van der Waals surface area contributed by atoms with Crippen LogP contribution in [0.25, 0.3) is 0 Å². The largest absolute Gasteiger partial charge is 0.444 e. The number of carbonyl (C=O) groups excluding carboxylic acids is 2. The van der Waals surface area contributed by atoms with Crippen molar-refractivity contribution in [3.63, 3.8) is 0 Å². The van der Waals surface area contributed by atoms with Gasteiger partial charge < -0.3 is 24.4 Å². The number of carbonyl (C=O) groups is 2. The fourth-order valence-corrected chi connectivity index (χ4v) is 5.45. The maximum Gasteiger partial charge on any atom is 0.407 e. The maximum atomic E-state index is 12.3. The second kappa shape index (κ2) is 10.5. The standard InChI is InChI=1S/C23H31NO5Si/c1-23(2,3)29-22(26)24-21(15-19-12-8-5-9-13-19)30(27,28)17-20(16-25)14-18-10-6-4-7-11-18/h4-13,16,20-21,27-28H,14-15,17H2,1-3H3,(H,24,26)/t20-,21+/m0/s1. The minimum Gasteiger partial charge on any atom is -0.444 e. The van der Waals surface area contributed by atoms with Gasteiger partial charge in [-0.05, 0) is 44.7 Å². The van der Waals surface area contributed by atoms with E-state index in [4.69, 9.17) is 4.74 Å². The number of ether oxygens (including phenoxy) is 1. The van der Waals surface area contributed by atoms with Crippen molar-refractivity contribution in [3.05, 3.63) is 71.8 Å². The summed E-state index contributed by atoms with van der Waals surface area (Å²) in [5.74, 6) is -0.562. The van der Waals surface area contributed by atoms with Gasteiger partial charge in [-0.3, -0.25) is 0 Å². The van der Waals surface area contributed by atoms with E-state index in [-0.39, 0.29) is 12.5 Å². The predicted octanol–water partition coefficient (Wildman–Crippen LogP) is 3.15. The van der Waals surface area contributed by atoms with Gasteiger partial charge in [0, 0.05) is 12.0 Å².